The fourth-order valence-corrected chi connectivity index (χ4v) is 2.11. The molecule has 8 nitrogen and oxygen atoms in total. The van der Waals surface area contributed by atoms with Crippen LogP contribution < -0.4 is 5.11 Å². The van der Waals surface area contributed by atoms with Gasteiger partial charge in [-0.2, -0.15) is 0 Å². The van der Waals surface area contributed by atoms with E-state index in [-0.39, 0.29) is 6.42 Å². The summed E-state index contributed by atoms with van der Waals surface area (Å²) in [6.45, 7) is 0.798. The van der Waals surface area contributed by atoms with Crippen LogP contribution in [-0.2, 0) is 14.3 Å². The van der Waals surface area contributed by atoms with E-state index in [0.717, 1.165) is 7.11 Å². The number of rotatable bonds is 5. The molecule has 0 spiro atoms. The molecule has 1 aliphatic heterocycles. The van der Waals surface area contributed by atoms with Gasteiger partial charge in [0.1, 0.15) is 18.2 Å². The molecule has 0 aliphatic carbocycles. The predicted octanol–water partition coefficient (Wildman–Crippen LogP) is -3.42. The number of ether oxygens (including phenoxy) is 2. The van der Waals surface area contributed by atoms with Gasteiger partial charge in [-0.25, -0.2) is 0 Å². The van der Waals surface area contributed by atoms with Gasteiger partial charge in [-0.1, -0.05) is 6.92 Å². The van der Waals surface area contributed by atoms with Crippen molar-refractivity contribution in [2.45, 2.75) is 43.5 Å². The Morgan fingerprint density at radius 2 is 2.16 bits per heavy atom. The molecule has 0 radical (unpaired) electrons. The highest BCUT2D eigenvalue weighted by Crippen LogP contribution is 2.35. The van der Waals surface area contributed by atoms with E-state index in [0.29, 0.717) is 0 Å². The van der Waals surface area contributed by atoms with Crippen LogP contribution in [0.5, 0.6) is 0 Å². The van der Waals surface area contributed by atoms with Gasteiger partial charge in [0.2, 0.25) is 5.79 Å². The van der Waals surface area contributed by atoms with Crippen LogP contribution in [0.3, 0.4) is 0 Å². The minimum atomic E-state index is -2.19. The highest BCUT2D eigenvalue weighted by molar-refractivity contribution is 5.73. The Labute approximate surface area is 110 Å². The molecule has 1 rings (SSSR count). The molecule has 0 amide bonds. The van der Waals surface area contributed by atoms with Gasteiger partial charge in [-0.15, -0.1) is 0 Å². The van der Waals surface area contributed by atoms with Crippen LogP contribution in [0.4, 0.5) is 0 Å². The predicted molar refractivity (Wildman–Crippen MR) is 58.5 cm³/mol. The first kappa shape index (κ1) is 16.3. The lowest BCUT2D eigenvalue weighted by Crippen LogP contribution is -2.63. The third-order valence-corrected chi connectivity index (χ3v) is 3.49. The van der Waals surface area contributed by atoms with Crippen molar-refractivity contribution in [3.05, 3.63) is 0 Å². The topological polar surface area (TPSA) is 140 Å². The number of aliphatic hydroxyl groups is 4. The molecule has 1 unspecified atom stereocenters. The summed E-state index contributed by atoms with van der Waals surface area (Å²) in [7, 11) is 1.07. The molecule has 1 heterocycles. The number of carbonyl (C=O) groups excluding carboxylic acids is 1. The van der Waals surface area contributed by atoms with E-state index in [1.807, 2.05) is 0 Å². The quantitative estimate of drug-likeness (QED) is 0.408. The third kappa shape index (κ3) is 3.04. The van der Waals surface area contributed by atoms with Gasteiger partial charge in [0.15, 0.2) is 0 Å². The van der Waals surface area contributed by atoms with Gasteiger partial charge < -0.3 is 39.8 Å². The molecule has 4 N–H and O–H groups in total. The Balaban J connectivity index is 2.99. The highest BCUT2D eigenvalue weighted by Gasteiger charge is 2.49. The van der Waals surface area contributed by atoms with E-state index < -0.39 is 48.7 Å². The van der Waals surface area contributed by atoms with Gasteiger partial charge >= 0.3 is 0 Å². The largest absolute Gasteiger partial charge is 0.544 e. The molecule has 112 valence electrons. The van der Waals surface area contributed by atoms with Crippen molar-refractivity contribution in [2.75, 3.05) is 13.7 Å². The number of hydrogen-bond acceptors (Lipinski definition) is 8. The molecule has 19 heavy (non-hydrogen) atoms. The number of carbonyl (C=O) groups is 1. The van der Waals surface area contributed by atoms with Gasteiger partial charge in [0.25, 0.3) is 0 Å². The second-order valence-electron chi connectivity index (χ2n) is 4.70. The Morgan fingerprint density at radius 1 is 1.58 bits per heavy atom. The zero-order valence-electron chi connectivity index (χ0n) is 10.7. The molecule has 1 fully saturated rings. The molecular formula is C11H19O8-. The highest BCUT2D eigenvalue weighted by atomic mass is 16.7. The molecule has 0 aromatic carbocycles. The van der Waals surface area contributed by atoms with Crippen LogP contribution in [0.15, 0.2) is 0 Å². The van der Waals surface area contributed by atoms with E-state index in [4.69, 9.17) is 14.6 Å². The summed E-state index contributed by atoms with van der Waals surface area (Å²) < 4.78 is 9.94. The lowest BCUT2D eigenvalue weighted by atomic mass is 9.84. The standard InChI is InChI=1S/C11H20O8/c1-5-6(13)3-11(18-2,10(16)17)19-9(5)8(15)7(14)4-12/h5-9,12-15H,3-4H2,1-2H3,(H,16,17)/p-1/t5-,6+,7-,8-,9?,11-/m1/s1. The fourth-order valence-electron chi connectivity index (χ4n) is 2.11. The summed E-state index contributed by atoms with van der Waals surface area (Å²) in [5, 5.41) is 49.0. The van der Waals surface area contributed by atoms with Crippen molar-refractivity contribution in [2.24, 2.45) is 5.92 Å². The van der Waals surface area contributed by atoms with Gasteiger partial charge in [0, 0.05) is 19.4 Å². The van der Waals surface area contributed by atoms with Crippen LogP contribution in [-0.4, -0.2) is 70.3 Å². The Hall–Kier alpha value is -0.770. The van der Waals surface area contributed by atoms with Crippen LogP contribution in [0.1, 0.15) is 13.3 Å². The molecule has 6 atom stereocenters. The lowest BCUT2D eigenvalue weighted by molar-refractivity contribution is -0.381. The average Bonchev–Trinajstić information content (AvgIpc) is 2.39. The number of hydrogen-bond donors (Lipinski definition) is 4. The maximum atomic E-state index is 11.1. The number of methoxy groups -OCH3 is 1. The summed E-state index contributed by atoms with van der Waals surface area (Å²) in [5.41, 5.74) is 0. The number of aliphatic hydroxyl groups excluding tert-OH is 4. The normalized spacial score (nSPS) is 38.7. The third-order valence-electron chi connectivity index (χ3n) is 3.49. The zero-order chi connectivity index (χ0) is 14.8. The van der Waals surface area contributed by atoms with Crippen molar-refractivity contribution in [3.63, 3.8) is 0 Å². The minimum absolute atomic E-state index is 0.356. The SMILES string of the molecule is CO[C@]1(C(=O)[O-])C[C@H](O)[C@@H](C)C([C@H](O)[C@H](O)CO)O1. The van der Waals surface area contributed by atoms with Gasteiger partial charge in [-0.3, -0.25) is 0 Å². The molecule has 0 aromatic heterocycles. The van der Waals surface area contributed by atoms with Crippen LogP contribution >= 0.6 is 0 Å². The smallest absolute Gasteiger partial charge is 0.212 e. The maximum Gasteiger partial charge on any atom is 0.212 e. The molecule has 1 aliphatic rings. The summed E-state index contributed by atoms with van der Waals surface area (Å²) in [6.07, 6.45) is -5.79. The zero-order valence-corrected chi connectivity index (χ0v) is 10.7. The van der Waals surface area contributed by atoms with Crippen molar-refractivity contribution < 1.29 is 39.8 Å². The van der Waals surface area contributed by atoms with Crippen LogP contribution in [0.25, 0.3) is 0 Å². The van der Waals surface area contributed by atoms with Crippen LogP contribution in [0.2, 0.25) is 0 Å². The monoisotopic (exact) mass is 279 g/mol. The first-order valence-electron chi connectivity index (χ1n) is 5.88. The Kier molecular flexibility index (Phi) is 5.25. The first-order chi connectivity index (χ1) is 8.79. The first-order valence-corrected chi connectivity index (χ1v) is 5.88. The van der Waals surface area contributed by atoms with Crippen molar-refractivity contribution in [1.29, 1.82) is 0 Å². The molecule has 0 saturated carbocycles. The van der Waals surface area contributed by atoms with Gasteiger partial charge in [-0.05, 0) is 0 Å². The lowest BCUT2D eigenvalue weighted by Gasteiger charge is -2.47. The van der Waals surface area contributed by atoms with E-state index in [1.54, 1.807) is 0 Å². The molecule has 8 heteroatoms. The summed E-state index contributed by atoms with van der Waals surface area (Å²) in [6, 6.07) is 0. The van der Waals surface area contributed by atoms with Gasteiger partial charge in [0.05, 0.1) is 18.8 Å². The molecule has 0 aromatic rings. The number of carboxylic acids is 1. The number of aliphatic carboxylic acids is 1. The molecule has 0 bridgehead atoms. The van der Waals surface area contributed by atoms with Crippen molar-refractivity contribution in [3.8, 4) is 0 Å². The molecule has 1 saturated heterocycles. The van der Waals surface area contributed by atoms with Crippen molar-refractivity contribution in [1.82, 2.24) is 0 Å². The summed E-state index contributed by atoms with van der Waals surface area (Å²) >= 11 is 0. The molecular weight excluding hydrogens is 260 g/mol. The van der Waals surface area contributed by atoms with E-state index in [9.17, 15) is 25.2 Å². The van der Waals surface area contributed by atoms with E-state index >= 15 is 0 Å². The Bertz CT molecular complexity index is 322. The fraction of sp³-hybridized carbons (Fsp3) is 0.909. The maximum absolute atomic E-state index is 11.1. The number of carboxylic acid groups (broad SMARTS) is 1. The summed E-state index contributed by atoms with van der Waals surface area (Å²) in [5.74, 6) is -4.53. The average molecular weight is 279 g/mol. The minimum Gasteiger partial charge on any atom is -0.544 e. The second-order valence-corrected chi connectivity index (χ2v) is 4.70. The van der Waals surface area contributed by atoms with E-state index in [1.165, 1.54) is 6.92 Å². The van der Waals surface area contributed by atoms with Crippen molar-refractivity contribution >= 4 is 5.97 Å². The van der Waals surface area contributed by atoms with E-state index in [2.05, 4.69) is 0 Å². The summed E-state index contributed by atoms with van der Waals surface area (Å²) in [4.78, 5) is 11.1. The Morgan fingerprint density at radius 3 is 2.58 bits per heavy atom. The van der Waals surface area contributed by atoms with Crippen LogP contribution in [0, 0.1) is 5.92 Å². The second kappa shape index (κ2) is 6.12.